The van der Waals surface area contributed by atoms with Gasteiger partial charge in [0.1, 0.15) is 0 Å². The Balaban J connectivity index is 1.63. The van der Waals surface area contributed by atoms with Crippen LogP contribution in [0, 0.1) is 6.92 Å². The number of benzene rings is 1. The quantitative estimate of drug-likeness (QED) is 0.563. The maximum Gasteiger partial charge on any atom is 0.328 e. The van der Waals surface area contributed by atoms with Gasteiger partial charge in [-0.2, -0.15) is 0 Å². The Bertz CT molecular complexity index is 1150. The van der Waals surface area contributed by atoms with Crippen LogP contribution in [0.1, 0.15) is 29.6 Å². The Morgan fingerprint density at radius 3 is 2.79 bits per heavy atom. The summed E-state index contributed by atoms with van der Waals surface area (Å²) in [5.74, 6) is 0.163. The third-order valence-corrected chi connectivity index (χ3v) is 5.21. The molecule has 0 aliphatic carbocycles. The summed E-state index contributed by atoms with van der Waals surface area (Å²) in [4.78, 5) is 38.7. The van der Waals surface area contributed by atoms with Crippen molar-refractivity contribution >= 4 is 23.4 Å². The summed E-state index contributed by atoms with van der Waals surface area (Å²) >= 11 is 1.11. The van der Waals surface area contributed by atoms with Crippen LogP contribution < -0.4 is 16.6 Å². The molecule has 9 nitrogen and oxygen atoms in total. The number of thioether (sulfide) groups is 1. The molecule has 0 spiro atoms. The molecule has 0 radical (unpaired) electrons. The van der Waals surface area contributed by atoms with Gasteiger partial charge in [0.25, 0.3) is 10.8 Å². The number of hydrogen-bond acceptors (Lipinski definition) is 7. The molecule has 0 atom stereocenters. The van der Waals surface area contributed by atoms with Gasteiger partial charge in [-0.25, -0.2) is 4.79 Å². The second kappa shape index (κ2) is 8.91. The minimum atomic E-state index is -0.478. The number of aryl methyl sites for hydroxylation is 2. The highest BCUT2D eigenvalue weighted by Gasteiger charge is 2.15. The summed E-state index contributed by atoms with van der Waals surface area (Å²) < 4.78 is 6.53. The Kier molecular flexibility index (Phi) is 6.32. The van der Waals surface area contributed by atoms with Gasteiger partial charge in [-0.1, -0.05) is 36.9 Å². The Hall–Kier alpha value is -3.14. The third-order valence-electron chi connectivity index (χ3n) is 4.39. The first-order chi connectivity index (χ1) is 13.9. The number of aromatic nitrogens is 4. The monoisotopic (exact) mass is 415 g/mol. The first kappa shape index (κ1) is 20.6. The van der Waals surface area contributed by atoms with E-state index >= 15 is 0 Å². The van der Waals surface area contributed by atoms with Gasteiger partial charge in [0, 0.05) is 24.0 Å². The van der Waals surface area contributed by atoms with Crippen LogP contribution in [0.3, 0.4) is 0 Å². The fraction of sp³-hybridized carbons (Fsp3) is 0.316. The number of nitrogens with one attached hydrogen (secondary N) is 2. The number of rotatable bonds is 7. The smallest absolute Gasteiger partial charge is 0.328 e. The lowest BCUT2D eigenvalue weighted by atomic mass is 10.1. The summed E-state index contributed by atoms with van der Waals surface area (Å²) in [5, 5.41) is 10.9. The Morgan fingerprint density at radius 1 is 1.28 bits per heavy atom. The second-order valence-electron chi connectivity index (χ2n) is 6.38. The van der Waals surface area contributed by atoms with Crippen molar-refractivity contribution in [3.8, 4) is 0 Å². The van der Waals surface area contributed by atoms with Crippen LogP contribution in [0.5, 0.6) is 0 Å². The molecule has 0 unspecified atom stereocenters. The van der Waals surface area contributed by atoms with E-state index < -0.39 is 11.2 Å². The number of hydrogen-bond donors (Lipinski definition) is 2. The van der Waals surface area contributed by atoms with E-state index in [4.69, 9.17) is 4.42 Å². The molecule has 0 saturated carbocycles. The maximum absolute atomic E-state index is 12.3. The van der Waals surface area contributed by atoms with Crippen LogP contribution in [0.2, 0.25) is 0 Å². The van der Waals surface area contributed by atoms with Crippen LogP contribution >= 0.6 is 11.8 Å². The zero-order valence-electron chi connectivity index (χ0n) is 16.3. The highest BCUT2D eigenvalue weighted by molar-refractivity contribution is 7.99. The van der Waals surface area contributed by atoms with Crippen molar-refractivity contribution < 1.29 is 9.21 Å². The van der Waals surface area contributed by atoms with Crippen LogP contribution in [0.15, 0.2) is 43.5 Å². The van der Waals surface area contributed by atoms with E-state index in [2.05, 4.69) is 20.5 Å². The molecule has 29 heavy (non-hydrogen) atoms. The van der Waals surface area contributed by atoms with Crippen molar-refractivity contribution in [2.45, 2.75) is 31.9 Å². The third kappa shape index (κ3) is 4.83. The SMILES string of the molecule is CCc1ccccc1NC(=O)CSc1nnc(Cc2c(C)[nH]c(=O)n(C)c2=O)o1. The van der Waals surface area contributed by atoms with Crippen LogP contribution in [0.25, 0.3) is 0 Å². The molecule has 0 saturated heterocycles. The summed E-state index contributed by atoms with van der Waals surface area (Å²) in [6.45, 7) is 3.67. The Morgan fingerprint density at radius 2 is 2.03 bits per heavy atom. The molecule has 3 rings (SSSR count). The largest absolute Gasteiger partial charge is 0.416 e. The molecule has 0 bridgehead atoms. The summed E-state index contributed by atoms with van der Waals surface area (Å²) in [7, 11) is 1.40. The molecule has 152 valence electrons. The summed E-state index contributed by atoms with van der Waals surface area (Å²) in [6, 6.07) is 7.63. The van der Waals surface area contributed by atoms with Gasteiger partial charge in [-0.3, -0.25) is 14.2 Å². The molecule has 3 aromatic rings. The van der Waals surface area contributed by atoms with E-state index in [-0.39, 0.29) is 29.2 Å². The molecule has 1 aromatic carbocycles. The predicted octanol–water partition coefficient (Wildman–Crippen LogP) is 1.65. The molecule has 0 aliphatic rings. The zero-order valence-corrected chi connectivity index (χ0v) is 17.1. The standard InChI is InChI=1S/C19H21N5O4S/c1-4-12-7-5-6-8-14(12)21-15(25)10-29-19-23-22-16(28-19)9-13-11(2)20-18(27)24(3)17(13)26/h5-8H,4,9-10H2,1-3H3,(H,20,27)(H,21,25). The lowest BCUT2D eigenvalue weighted by Gasteiger charge is -2.08. The molecule has 0 fully saturated rings. The van der Waals surface area contributed by atoms with E-state index in [0.29, 0.717) is 11.3 Å². The number of carbonyl (C=O) groups is 1. The Labute approximate surface area is 170 Å². The highest BCUT2D eigenvalue weighted by Crippen LogP contribution is 2.19. The molecular formula is C19H21N5O4S. The highest BCUT2D eigenvalue weighted by atomic mass is 32.2. The average Bonchev–Trinajstić information content (AvgIpc) is 3.16. The van der Waals surface area contributed by atoms with Crippen molar-refractivity contribution in [1.29, 1.82) is 0 Å². The van der Waals surface area contributed by atoms with E-state index in [0.717, 1.165) is 34.0 Å². The minimum absolute atomic E-state index is 0.0961. The summed E-state index contributed by atoms with van der Waals surface area (Å²) in [5.41, 5.74) is 1.79. The van der Waals surface area contributed by atoms with Crippen molar-refractivity contribution in [3.05, 3.63) is 67.8 Å². The first-order valence-electron chi connectivity index (χ1n) is 9.00. The molecular weight excluding hydrogens is 394 g/mol. The number of H-pyrrole nitrogens is 1. The summed E-state index contributed by atoms with van der Waals surface area (Å²) in [6.07, 6.45) is 0.916. The number of nitrogens with zero attached hydrogens (tertiary/aromatic N) is 3. The molecule has 2 aromatic heterocycles. The van der Waals surface area contributed by atoms with Gasteiger partial charge in [0.15, 0.2) is 0 Å². The zero-order chi connectivity index (χ0) is 21.0. The van der Waals surface area contributed by atoms with Crippen molar-refractivity contribution in [2.24, 2.45) is 7.05 Å². The number of aromatic amines is 1. The lowest BCUT2D eigenvalue weighted by molar-refractivity contribution is -0.113. The minimum Gasteiger partial charge on any atom is -0.416 e. The predicted molar refractivity (Wildman–Crippen MR) is 109 cm³/mol. The number of amides is 1. The van der Waals surface area contributed by atoms with Crippen molar-refractivity contribution in [1.82, 2.24) is 19.7 Å². The van der Waals surface area contributed by atoms with Gasteiger partial charge >= 0.3 is 5.69 Å². The molecule has 10 heteroatoms. The fourth-order valence-electron chi connectivity index (χ4n) is 2.77. The van der Waals surface area contributed by atoms with E-state index in [1.165, 1.54) is 7.05 Å². The van der Waals surface area contributed by atoms with E-state index in [9.17, 15) is 14.4 Å². The molecule has 1 amide bonds. The van der Waals surface area contributed by atoms with Crippen molar-refractivity contribution in [2.75, 3.05) is 11.1 Å². The average molecular weight is 415 g/mol. The molecule has 0 aliphatic heterocycles. The molecule has 2 heterocycles. The van der Waals surface area contributed by atoms with Gasteiger partial charge in [-0.05, 0) is 25.0 Å². The topological polar surface area (TPSA) is 123 Å². The first-order valence-corrected chi connectivity index (χ1v) is 9.99. The van der Waals surface area contributed by atoms with Gasteiger partial charge in [0.05, 0.1) is 12.2 Å². The van der Waals surface area contributed by atoms with Gasteiger partial charge < -0.3 is 14.7 Å². The van der Waals surface area contributed by atoms with Gasteiger partial charge in [-0.15, -0.1) is 10.2 Å². The number of anilines is 1. The van der Waals surface area contributed by atoms with Crippen molar-refractivity contribution in [3.63, 3.8) is 0 Å². The second-order valence-corrected chi connectivity index (χ2v) is 7.31. The number of para-hydroxylation sites is 1. The fourth-order valence-corrected chi connectivity index (χ4v) is 3.35. The van der Waals surface area contributed by atoms with Crippen LogP contribution in [-0.2, 0) is 24.7 Å². The normalized spacial score (nSPS) is 10.9. The van der Waals surface area contributed by atoms with E-state index in [1.807, 2.05) is 31.2 Å². The van der Waals surface area contributed by atoms with Gasteiger partial charge in [0.2, 0.25) is 11.8 Å². The van der Waals surface area contributed by atoms with Crippen LogP contribution in [-0.4, -0.2) is 31.4 Å². The van der Waals surface area contributed by atoms with E-state index in [1.54, 1.807) is 6.92 Å². The molecule has 2 N–H and O–H groups in total. The lowest BCUT2D eigenvalue weighted by Crippen LogP contribution is -2.36. The maximum atomic E-state index is 12.3. The van der Waals surface area contributed by atoms with Crippen LogP contribution in [0.4, 0.5) is 5.69 Å². The number of carbonyl (C=O) groups excluding carboxylic acids is 1.